The molecule has 124 valence electrons. The Hall–Kier alpha value is -1.11. The molecule has 1 atom stereocenters. The van der Waals surface area contributed by atoms with E-state index in [0.29, 0.717) is 12.3 Å². The third-order valence-electron chi connectivity index (χ3n) is 4.05. The normalized spacial score (nSPS) is 19.4. The van der Waals surface area contributed by atoms with Crippen molar-refractivity contribution in [2.45, 2.75) is 43.6 Å². The van der Waals surface area contributed by atoms with E-state index in [1.807, 2.05) is 13.0 Å². The van der Waals surface area contributed by atoms with Crippen LogP contribution in [0.4, 0.5) is 0 Å². The molecule has 0 bridgehead atoms. The molecule has 5 nitrogen and oxygen atoms in total. The van der Waals surface area contributed by atoms with Gasteiger partial charge in [-0.2, -0.15) is 0 Å². The quantitative estimate of drug-likeness (QED) is 0.806. The minimum atomic E-state index is -3.55. The molecule has 2 rings (SSSR count). The molecule has 0 spiro atoms. The number of hydrogen-bond acceptors (Lipinski definition) is 4. The zero-order valence-corrected chi connectivity index (χ0v) is 14.4. The van der Waals surface area contributed by atoms with Crippen molar-refractivity contribution in [3.8, 4) is 5.75 Å². The first-order valence-electron chi connectivity index (χ1n) is 7.67. The number of benzene rings is 1. The Kier molecular flexibility index (Phi) is 5.83. The number of methoxy groups -OCH3 is 1. The van der Waals surface area contributed by atoms with Crippen LogP contribution < -0.4 is 4.74 Å². The van der Waals surface area contributed by atoms with Crippen molar-refractivity contribution in [2.75, 3.05) is 27.3 Å². The Morgan fingerprint density at radius 2 is 2.14 bits per heavy atom. The van der Waals surface area contributed by atoms with E-state index in [4.69, 9.17) is 9.47 Å². The largest absolute Gasteiger partial charge is 0.495 e. The van der Waals surface area contributed by atoms with Crippen molar-refractivity contribution in [3.63, 3.8) is 0 Å². The predicted octanol–water partition coefficient (Wildman–Crippen LogP) is 2.58. The van der Waals surface area contributed by atoms with Gasteiger partial charge in [0.15, 0.2) is 0 Å². The Bertz CT molecular complexity index is 594. The summed E-state index contributed by atoms with van der Waals surface area (Å²) in [4.78, 5) is 0.224. The molecular formula is C16H25NO4S. The van der Waals surface area contributed by atoms with Crippen LogP contribution in [0.5, 0.6) is 5.75 Å². The van der Waals surface area contributed by atoms with Crippen molar-refractivity contribution in [3.05, 3.63) is 23.8 Å². The van der Waals surface area contributed by atoms with E-state index < -0.39 is 10.0 Å². The van der Waals surface area contributed by atoms with Gasteiger partial charge in [0.25, 0.3) is 0 Å². The van der Waals surface area contributed by atoms with Crippen LogP contribution in [0.3, 0.4) is 0 Å². The molecule has 22 heavy (non-hydrogen) atoms. The summed E-state index contributed by atoms with van der Waals surface area (Å²) in [7, 11) is -0.456. The molecule has 1 heterocycles. The van der Waals surface area contributed by atoms with E-state index in [-0.39, 0.29) is 11.0 Å². The predicted molar refractivity (Wildman–Crippen MR) is 85.8 cm³/mol. The van der Waals surface area contributed by atoms with E-state index in [9.17, 15) is 8.42 Å². The molecule has 0 N–H and O–H groups in total. The lowest BCUT2D eigenvalue weighted by Gasteiger charge is -2.25. The van der Waals surface area contributed by atoms with Crippen molar-refractivity contribution in [1.29, 1.82) is 0 Å². The van der Waals surface area contributed by atoms with Crippen molar-refractivity contribution >= 4 is 10.0 Å². The molecule has 0 saturated carbocycles. The SMILES string of the molecule is COc1ccc(C)cc1S(=O)(=O)N(C)CCC1CCCCO1. The van der Waals surface area contributed by atoms with Crippen LogP contribution in [-0.4, -0.2) is 46.1 Å². The summed E-state index contributed by atoms with van der Waals surface area (Å²) >= 11 is 0. The summed E-state index contributed by atoms with van der Waals surface area (Å²) in [6, 6.07) is 5.19. The highest BCUT2D eigenvalue weighted by molar-refractivity contribution is 7.89. The van der Waals surface area contributed by atoms with Crippen LogP contribution in [0.15, 0.2) is 23.1 Å². The molecule has 0 aromatic heterocycles. The molecule has 1 aromatic carbocycles. The van der Waals surface area contributed by atoms with Gasteiger partial charge in [0.05, 0.1) is 13.2 Å². The maximum absolute atomic E-state index is 12.7. The summed E-state index contributed by atoms with van der Waals surface area (Å²) in [5, 5.41) is 0. The molecule has 0 radical (unpaired) electrons. The lowest BCUT2D eigenvalue weighted by molar-refractivity contribution is 0.00950. The molecule has 1 saturated heterocycles. The molecular weight excluding hydrogens is 302 g/mol. The van der Waals surface area contributed by atoms with Crippen LogP contribution in [0.2, 0.25) is 0 Å². The zero-order chi connectivity index (χ0) is 16.2. The Balaban J connectivity index is 2.10. The van der Waals surface area contributed by atoms with Crippen LogP contribution in [0.25, 0.3) is 0 Å². The van der Waals surface area contributed by atoms with Crippen molar-refractivity contribution in [1.82, 2.24) is 4.31 Å². The number of hydrogen-bond donors (Lipinski definition) is 0. The first kappa shape index (κ1) is 17.2. The highest BCUT2D eigenvalue weighted by Crippen LogP contribution is 2.27. The maximum Gasteiger partial charge on any atom is 0.246 e. The summed E-state index contributed by atoms with van der Waals surface area (Å²) in [5.74, 6) is 0.381. The molecule has 6 heteroatoms. The zero-order valence-electron chi connectivity index (χ0n) is 13.5. The van der Waals surface area contributed by atoms with E-state index in [1.165, 1.54) is 11.4 Å². The second kappa shape index (κ2) is 7.44. The van der Waals surface area contributed by atoms with Crippen LogP contribution in [-0.2, 0) is 14.8 Å². The van der Waals surface area contributed by atoms with Crippen molar-refractivity contribution in [2.24, 2.45) is 0 Å². The first-order chi connectivity index (χ1) is 10.4. The number of rotatable bonds is 6. The first-order valence-corrected chi connectivity index (χ1v) is 9.11. The highest BCUT2D eigenvalue weighted by atomic mass is 32.2. The molecule has 0 aliphatic carbocycles. The Morgan fingerprint density at radius 3 is 2.77 bits per heavy atom. The van der Waals surface area contributed by atoms with Crippen LogP contribution >= 0.6 is 0 Å². The molecule has 1 aliphatic heterocycles. The van der Waals surface area contributed by atoms with Gasteiger partial charge in [-0.3, -0.25) is 0 Å². The lowest BCUT2D eigenvalue weighted by Crippen LogP contribution is -2.31. The van der Waals surface area contributed by atoms with Gasteiger partial charge < -0.3 is 9.47 Å². The lowest BCUT2D eigenvalue weighted by atomic mass is 10.1. The Labute approximate surface area is 133 Å². The van der Waals surface area contributed by atoms with E-state index in [0.717, 1.165) is 37.9 Å². The van der Waals surface area contributed by atoms with E-state index in [2.05, 4.69) is 0 Å². The number of sulfonamides is 1. The summed E-state index contributed by atoms with van der Waals surface area (Å²) in [6.07, 6.45) is 4.18. The smallest absolute Gasteiger partial charge is 0.246 e. The fraction of sp³-hybridized carbons (Fsp3) is 0.625. The average molecular weight is 327 g/mol. The van der Waals surface area contributed by atoms with Crippen molar-refractivity contribution < 1.29 is 17.9 Å². The van der Waals surface area contributed by atoms with Gasteiger partial charge in [-0.15, -0.1) is 0 Å². The fourth-order valence-corrected chi connectivity index (χ4v) is 4.06. The van der Waals surface area contributed by atoms with Gasteiger partial charge in [-0.25, -0.2) is 12.7 Å². The molecule has 0 amide bonds. The van der Waals surface area contributed by atoms with E-state index in [1.54, 1.807) is 19.2 Å². The van der Waals surface area contributed by atoms with Gasteiger partial charge >= 0.3 is 0 Å². The average Bonchev–Trinajstić information content (AvgIpc) is 2.53. The van der Waals surface area contributed by atoms with Gasteiger partial charge in [-0.1, -0.05) is 6.07 Å². The van der Waals surface area contributed by atoms with Crippen LogP contribution in [0.1, 0.15) is 31.2 Å². The second-order valence-corrected chi connectivity index (χ2v) is 7.77. The minimum absolute atomic E-state index is 0.172. The van der Waals surface area contributed by atoms with Gasteiger partial charge in [0, 0.05) is 20.2 Å². The number of ether oxygens (including phenoxy) is 2. The standard InChI is InChI=1S/C16H25NO4S/c1-13-7-8-15(20-3)16(12-13)22(18,19)17(2)10-9-14-6-4-5-11-21-14/h7-8,12,14H,4-6,9-11H2,1-3H3. The summed E-state index contributed by atoms with van der Waals surface area (Å²) in [5.41, 5.74) is 0.892. The fourth-order valence-electron chi connectivity index (χ4n) is 2.63. The molecule has 1 aromatic rings. The van der Waals surface area contributed by atoms with Gasteiger partial charge in [-0.05, 0) is 50.3 Å². The molecule has 1 unspecified atom stereocenters. The topological polar surface area (TPSA) is 55.8 Å². The maximum atomic E-state index is 12.7. The highest BCUT2D eigenvalue weighted by Gasteiger charge is 2.26. The summed E-state index contributed by atoms with van der Waals surface area (Å²) < 4.78 is 37.7. The second-order valence-electron chi connectivity index (χ2n) is 5.76. The van der Waals surface area contributed by atoms with E-state index >= 15 is 0 Å². The third kappa shape index (κ3) is 4.00. The third-order valence-corrected chi connectivity index (χ3v) is 5.93. The minimum Gasteiger partial charge on any atom is -0.495 e. The molecule has 1 fully saturated rings. The number of nitrogens with zero attached hydrogens (tertiary/aromatic N) is 1. The van der Waals surface area contributed by atoms with Crippen LogP contribution in [0, 0.1) is 6.92 Å². The van der Waals surface area contributed by atoms with Gasteiger partial charge in [0.1, 0.15) is 10.6 Å². The van der Waals surface area contributed by atoms with Gasteiger partial charge in [0.2, 0.25) is 10.0 Å². The Morgan fingerprint density at radius 1 is 1.36 bits per heavy atom. The molecule has 1 aliphatic rings. The number of aryl methyl sites for hydroxylation is 1. The summed E-state index contributed by atoms with van der Waals surface area (Å²) in [6.45, 7) is 3.10. The monoisotopic (exact) mass is 327 g/mol.